The minimum Gasteiger partial charge on any atom is -0.481 e. The molecule has 0 spiro atoms. The van der Waals surface area contributed by atoms with Crippen molar-refractivity contribution in [3.05, 3.63) is 40.7 Å². The molecule has 0 aliphatic heterocycles. The molecular formula is C13H13Cl2N3O2. The van der Waals surface area contributed by atoms with Crippen LogP contribution in [0.1, 0.15) is 16.8 Å². The topological polar surface area (TPSA) is 70.3 Å². The lowest BCUT2D eigenvalue weighted by Gasteiger charge is -2.14. The maximum atomic E-state index is 6.40. The number of hydrogen-bond donors (Lipinski definition) is 1. The Morgan fingerprint density at radius 1 is 1.15 bits per heavy atom. The van der Waals surface area contributed by atoms with Crippen molar-refractivity contribution in [2.24, 2.45) is 0 Å². The van der Waals surface area contributed by atoms with Gasteiger partial charge in [-0.25, -0.2) is 0 Å². The molecule has 0 saturated carbocycles. The van der Waals surface area contributed by atoms with E-state index < -0.39 is 5.38 Å². The lowest BCUT2D eigenvalue weighted by Crippen LogP contribution is -2.06. The number of nitrogens with two attached hydrogens (primary N) is 1. The van der Waals surface area contributed by atoms with E-state index in [1.807, 2.05) is 0 Å². The number of nitrogens with zero attached hydrogens (tertiary/aromatic N) is 2. The van der Waals surface area contributed by atoms with Gasteiger partial charge in [0.2, 0.25) is 11.8 Å². The van der Waals surface area contributed by atoms with Gasteiger partial charge in [0, 0.05) is 16.3 Å². The number of hydrogen-bond acceptors (Lipinski definition) is 5. The summed E-state index contributed by atoms with van der Waals surface area (Å²) in [6, 6.07) is 6.73. The second-order valence-corrected chi connectivity index (χ2v) is 4.76. The number of rotatable bonds is 4. The number of alkyl halides is 1. The van der Waals surface area contributed by atoms with Crippen LogP contribution in [0, 0.1) is 0 Å². The highest BCUT2D eigenvalue weighted by Gasteiger charge is 2.21. The summed E-state index contributed by atoms with van der Waals surface area (Å²) < 4.78 is 10.2. The van der Waals surface area contributed by atoms with Crippen LogP contribution in [0.5, 0.6) is 11.8 Å². The van der Waals surface area contributed by atoms with Crippen LogP contribution in [0.15, 0.2) is 24.3 Å². The molecule has 1 unspecified atom stereocenters. The van der Waals surface area contributed by atoms with Crippen molar-refractivity contribution < 1.29 is 9.47 Å². The largest absolute Gasteiger partial charge is 0.481 e. The monoisotopic (exact) mass is 313 g/mol. The van der Waals surface area contributed by atoms with Gasteiger partial charge >= 0.3 is 0 Å². The highest BCUT2D eigenvalue weighted by Crippen LogP contribution is 2.36. The minimum absolute atomic E-state index is 0.308. The Morgan fingerprint density at radius 2 is 1.75 bits per heavy atom. The van der Waals surface area contributed by atoms with E-state index in [4.69, 9.17) is 38.4 Å². The van der Waals surface area contributed by atoms with Crippen LogP contribution in [0.25, 0.3) is 0 Å². The Morgan fingerprint density at radius 3 is 2.25 bits per heavy atom. The molecule has 20 heavy (non-hydrogen) atoms. The summed E-state index contributed by atoms with van der Waals surface area (Å²) >= 11 is 12.5. The minimum atomic E-state index is -0.701. The molecule has 106 valence electrons. The molecule has 0 aliphatic carbocycles. The quantitative estimate of drug-likeness (QED) is 0.694. The normalized spacial score (nSPS) is 12.0. The van der Waals surface area contributed by atoms with Crippen LogP contribution in [0.4, 0.5) is 5.69 Å². The summed E-state index contributed by atoms with van der Waals surface area (Å²) in [6.07, 6.45) is 0. The van der Waals surface area contributed by atoms with E-state index in [0.29, 0.717) is 33.9 Å². The molecule has 1 aromatic carbocycles. The third-order valence-electron chi connectivity index (χ3n) is 2.68. The standard InChI is InChI=1S/C13H13Cl2N3O2/c1-19-9-6-10(20-2)18-13(17-9)12(15)11-7(14)4-3-5-8(11)16/h3-6,12H,16H2,1-2H3. The van der Waals surface area contributed by atoms with E-state index in [2.05, 4.69) is 9.97 Å². The number of ether oxygens (including phenoxy) is 2. The maximum absolute atomic E-state index is 6.40. The van der Waals surface area contributed by atoms with Crippen molar-refractivity contribution in [3.8, 4) is 11.8 Å². The Hall–Kier alpha value is -1.72. The SMILES string of the molecule is COc1cc(OC)nc(C(Cl)c2c(N)cccc2Cl)n1. The second kappa shape index (κ2) is 6.15. The summed E-state index contributed by atoms with van der Waals surface area (Å²) in [5.41, 5.74) is 6.95. The van der Waals surface area contributed by atoms with Gasteiger partial charge in [-0.2, -0.15) is 9.97 Å². The molecular weight excluding hydrogens is 301 g/mol. The lowest BCUT2D eigenvalue weighted by molar-refractivity contribution is 0.368. The van der Waals surface area contributed by atoms with E-state index in [9.17, 15) is 0 Å². The van der Waals surface area contributed by atoms with E-state index in [1.54, 1.807) is 24.3 Å². The zero-order valence-electron chi connectivity index (χ0n) is 10.9. The van der Waals surface area contributed by atoms with Crippen molar-refractivity contribution in [1.82, 2.24) is 9.97 Å². The summed E-state index contributed by atoms with van der Waals surface area (Å²) in [5, 5.41) is -0.247. The van der Waals surface area contributed by atoms with Crippen molar-refractivity contribution in [1.29, 1.82) is 0 Å². The van der Waals surface area contributed by atoms with Crippen LogP contribution >= 0.6 is 23.2 Å². The molecule has 0 bridgehead atoms. The highest BCUT2D eigenvalue weighted by atomic mass is 35.5. The molecule has 2 aromatic rings. The number of aromatic nitrogens is 2. The van der Waals surface area contributed by atoms with Crippen LogP contribution < -0.4 is 15.2 Å². The first-order valence-electron chi connectivity index (χ1n) is 5.71. The van der Waals surface area contributed by atoms with Crippen molar-refractivity contribution >= 4 is 28.9 Å². The average Bonchev–Trinajstić information content (AvgIpc) is 2.46. The van der Waals surface area contributed by atoms with E-state index in [1.165, 1.54) is 14.2 Å². The highest BCUT2D eigenvalue weighted by molar-refractivity contribution is 6.33. The molecule has 2 N–H and O–H groups in total. The van der Waals surface area contributed by atoms with Crippen LogP contribution in [-0.2, 0) is 0 Å². The van der Waals surface area contributed by atoms with Crippen molar-refractivity contribution in [2.45, 2.75) is 5.38 Å². The van der Waals surface area contributed by atoms with Gasteiger partial charge in [0.1, 0.15) is 5.38 Å². The molecule has 2 rings (SSSR count). The van der Waals surface area contributed by atoms with E-state index in [0.717, 1.165) is 0 Å². The van der Waals surface area contributed by atoms with Gasteiger partial charge < -0.3 is 15.2 Å². The van der Waals surface area contributed by atoms with Gasteiger partial charge in [-0.1, -0.05) is 17.7 Å². The molecule has 0 saturated heterocycles. The molecule has 0 amide bonds. The predicted octanol–water partition coefficient (Wildman–Crippen LogP) is 3.06. The maximum Gasteiger partial charge on any atom is 0.220 e. The van der Waals surface area contributed by atoms with Crippen LogP contribution in [0.3, 0.4) is 0 Å². The summed E-state index contributed by atoms with van der Waals surface area (Å²) in [7, 11) is 3.00. The number of anilines is 1. The summed E-state index contributed by atoms with van der Waals surface area (Å²) in [4.78, 5) is 8.40. The van der Waals surface area contributed by atoms with Gasteiger partial charge in [-0.05, 0) is 12.1 Å². The first kappa shape index (κ1) is 14.7. The Kier molecular flexibility index (Phi) is 4.52. The Bertz CT molecular complexity index is 580. The predicted molar refractivity (Wildman–Crippen MR) is 78.7 cm³/mol. The first-order valence-corrected chi connectivity index (χ1v) is 6.53. The molecule has 0 radical (unpaired) electrons. The zero-order valence-corrected chi connectivity index (χ0v) is 12.4. The molecule has 1 aromatic heterocycles. The summed E-state index contributed by atoms with van der Waals surface area (Å²) in [5.74, 6) is 1.01. The summed E-state index contributed by atoms with van der Waals surface area (Å²) in [6.45, 7) is 0. The van der Waals surface area contributed by atoms with Crippen molar-refractivity contribution in [2.75, 3.05) is 20.0 Å². The third-order valence-corrected chi connectivity index (χ3v) is 3.42. The second-order valence-electron chi connectivity index (χ2n) is 3.92. The van der Waals surface area contributed by atoms with Gasteiger partial charge in [0.15, 0.2) is 5.82 Å². The van der Waals surface area contributed by atoms with Crippen molar-refractivity contribution in [3.63, 3.8) is 0 Å². The number of benzene rings is 1. The van der Waals surface area contributed by atoms with Crippen LogP contribution in [-0.4, -0.2) is 24.2 Å². The molecule has 1 heterocycles. The van der Waals surface area contributed by atoms with Gasteiger partial charge in [0.25, 0.3) is 0 Å². The van der Waals surface area contributed by atoms with Gasteiger partial charge in [-0.3, -0.25) is 0 Å². The fourth-order valence-corrected chi connectivity index (χ4v) is 2.38. The molecule has 0 aliphatic rings. The Labute approximate surface area is 126 Å². The fourth-order valence-electron chi connectivity index (χ4n) is 1.69. The molecule has 1 atom stereocenters. The lowest BCUT2D eigenvalue weighted by atomic mass is 10.1. The zero-order chi connectivity index (χ0) is 14.7. The smallest absolute Gasteiger partial charge is 0.220 e. The number of halogens is 2. The first-order chi connectivity index (χ1) is 9.56. The number of methoxy groups -OCH3 is 2. The average molecular weight is 314 g/mol. The van der Waals surface area contributed by atoms with Gasteiger partial charge in [-0.15, -0.1) is 11.6 Å². The van der Waals surface area contributed by atoms with Gasteiger partial charge in [0.05, 0.1) is 20.3 Å². The fraction of sp³-hybridized carbons (Fsp3) is 0.231. The Balaban J connectivity index is 2.50. The molecule has 0 fully saturated rings. The van der Waals surface area contributed by atoms with Crippen LogP contribution in [0.2, 0.25) is 5.02 Å². The van der Waals surface area contributed by atoms with E-state index in [-0.39, 0.29) is 0 Å². The third kappa shape index (κ3) is 2.89. The van der Waals surface area contributed by atoms with E-state index >= 15 is 0 Å². The molecule has 5 nitrogen and oxygen atoms in total. The molecule has 7 heteroatoms. The number of nitrogen functional groups attached to an aromatic ring is 1.